The number of hydrogen-bond donors (Lipinski definition) is 2. The lowest BCUT2D eigenvalue weighted by Crippen LogP contribution is -2.29. The van der Waals surface area contributed by atoms with Crippen molar-refractivity contribution in [3.8, 4) is 0 Å². The summed E-state index contributed by atoms with van der Waals surface area (Å²) >= 11 is 0. The Hall–Kier alpha value is -1.40. The second-order valence-electron chi connectivity index (χ2n) is 4.60. The van der Waals surface area contributed by atoms with Gasteiger partial charge in [-0.15, -0.1) is 0 Å². The smallest absolute Gasteiger partial charge is 0.158 e. The number of aromatic nitrogens is 2. The summed E-state index contributed by atoms with van der Waals surface area (Å²) in [4.78, 5) is 11.2. The molecule has 0 aliphatic rings. The second-order valence-corrected chi connectivity index (χ2v) is 4.60. The number of hydrogen-bond acceptors (Lipinski definition) is 6. The van der Waals surface area contributed by atoms with E-state index >= 15 is 0 Å². The molecule has 2 N–H and O–H groups in total. The van der Waals surface area contributed by atoms with Crippen molar-refractivity contribution >= 4 is 11.6 Å². The van der Waals surface area contributed by atoms with Crippen LogP contribution in [0.1, 0.15) is 26.1 Å². The summed E-state index contributed by atoms with van der Waals surface area (Å²) in [7, 11) is 3.50. The Morgan fingerprint density at radius 3 is 2.55 bits per heavy atom. The van der Waals surface area contributed by atoms with Gasteiger partial charge >= 0.3 is 0 Å². The van der Waals surface area contributed by atoms with E-state index < -0.39 is 0 Å². The van der Waals surface area contributed by atoms with Crippen molar-refractivity contribution in [3.05, 3.63) is 11.9 Å². The summed E-state index contributed by atoms with van der Waals surface area (Å²) in [6, 6.07) is 1.91. The topological polar surface area (TPSA) is 62.3 Å². The molecule has 6 nitrogen and oxygen atoms in total. The highest BCUT2D eigenvalue weighted by Gasteiger charge is 2.05. The fourth-order valence-corrected chi connectivity index (χ4v) is 2.00. The maximum Gasteiger partial charge on any atom is 0.158 e. The highest BCUT2D eigenvalue weighted by molar-refractivity contribution is 5.47. The Labute approximate surface area is 121 Å². The second kappa shape index (κ2) is 9.50. The molecule has 1 heterocycles. The van der Waals surface area contributed by atoms with Crippen molar-refractivity contribution in [1.82, 2.24) is 14.9 Å². The first-order valence-corrected chi connectivity index (χ1v) is 7.24. The molecule has 0 spiro atoms. The Bertz CT molecular complexity index is 386. The van der Waals surface area contributed by atoms with Crippen LogP contribution in [-0.2, 0) is 11.3 Å². The molecule has 1 rings (SSSR count). The van der Waals surface area contributed by atoms with Gasteiger partial charge in [-0.1, -0.05) is 13.8 Å². The maximum absolute atomic E-state index is 5.09. The molecule has 0 saturated carbocycles. The van der Waals surface area contributed by atoms with Crippen LogP contribution in [0.4, 0.5) is 11.6 Å². The molecular formula is C14H27N5O. The summed E-state index contributed by atoms with van der Waals surface area (Å²) in [6.45, 7) is 8.92. The SMILES string of the molecule is CCCN(CC)CCNc1cc(NC)nc(COC)n1. The largest absolute Gasteiger partial charge is 0.377 e. The third-order valence-electron chi connectivity index (χ3n) is 3.02. The fraction of sp³-hybridized carbons (Fsp3) is 0.714. The van der Waals surface area contributed by atoms with Crippen molar-refractivity contribution in [2.24, 2.45) is 0 Å². The van der Waals surface area contributed by atoms with E-state index in [0.29, 0.717) is 12.4 Å². The van der Waals surface area contributed by atoms with Crippen LogP contribution in [0.3, 0.4) is 0 Å². The van der Waals surface area contributed by atoms with Crippen molar-refractivity contribution < 1.29 is 4.74 Å². The predicted octanol–water partition coefficient (Wildman–Crippen LogP) is 1.81. The van der Waals surface area contributed by atoms with E-state index in [1.807, 2.05) is 13.1 Å². The number of nitrogens with one attached hydrogen (secondary N) is 2. The van der Waals surface area contributed by atoms with Gasteiger partial charge in [-0.3, -0.25) is 0 Å². The first kappa shape index (κ1) is 16.7. The Morgan fingerprint density at radius 2 is 1.95 bits per heavy atom. The summed E-state index contributed by atoms with van der Waals surface area (Å²) in [5.41, 5.74) is 0. The number of likely N-dealkylation sites (N-methyl/N-ethyl adjacent to an activating group) is 1. The van der Waals surface area contributed by atoms with E-state index in [9.17, 15) is 0 Å². The molecule has 0 amide bonds. The Balaban J connectivity index is 2.55. The quantitative estimate of drug-likeness (QED) is 0.682. The minimum Gasteiger partial charge on any atom is -0.377 e. The molecule has 0 saturated heterocycles. The van der Waals surface area contributed by atoms with Gasteiger partial charge in [-0.05, 0) is 19.5 Å². The lowest BCUT2D eigenvalue weighted by molar-refractivity contribution is 0.178. The first-order valence-electron chi connectivity index (χ1n) is 7.24. The molecule has 0 aromatic carbocycles. The van der Waals surface area contributed by atoms with Gasteiger partial charge < -0.3 is 20.3 Å². The Morgan fingerprint density at radius 1 is 1.20 bits per heavy atom. The van der Waals surface area contributed by atoms with E-state index in [4.69, 9.17) is 4.74 Å². The van der Waals surface area contributed by atoms with Gasteiger partial charge in [0.05, 0.1) is 0 Å². The van der Waals surface area contributed by atoms with Crippen LogP contribution in [0.15, 0.2) is 6.07 Å². The van der Waals surface area contributed by atoms with Gasteiger partial charge in [-0.25, -0.2) is 9.97 Å². The van der Waals surface area contributed by atoms with Crippen LogP contribution in [0.25, 0.3) is 0 Å². The number of anilines is 2. The van der Waals surface area contributed by atoms with Crippen LogP contribution >= 0.6 is 0 Å². The van der Waals surface area contributed by atoms with Gasteiger partial charge in [0.2, 0.25) is 0 Å². The van der Waals surface area contributed by atoms with Gasteiger partial charge in [0.25, 0.3) is 0 Å². The minimum absolute atomic E-state index is 0.418. The maximum atomic E-state index is 5.09. The van der Waals surface area contributed by atoms with E-state index in [1.165, 1.54) is 6.42 Å². The van der Waals surface area contributed by atoms with Crippen LogP contribution in [0.5, 0.6) is 0 Å². The van der Waals surface area contributed by atoms with Crippen molar-refractivity contribution in [2.45, 2.75) is 26.9 Å². The molecule has 114 valence electrons. The van der Waals surface area contributed by atoms with Crippen LogP contribution in [-0.4, -0.2) is 55.2 Å². The highest BCUT2D eigenvalue weighted by atomic mass is 16.5. The zero-order chi connectivity index (χ0) is 14.8. The molecule has 1 aromatic rings. The fourth-order valence-electron chi connectivity index (χ4n) is 2.00. The molecule has 0 aliphatic carbocycles. The van der Waals surface area contributed by atoms with E-state index in [1.54, 1.807) is 7.11 Å². The standard InChI is InChI=1S/C14H27N5O/c1-5-8-19(6-2)9-7-16-13-10-12(15-3)17-14(18-13)11-20-4/h10H,5-9,11H2,1-4H3,(H2,15,16,17,18). The summed E-state index contributed by atoms with van der Waals surface area (Å²) in [5, 5.41) is 6.39. The first-order chi connectivity index (χ1) is 9.73. The number of rotatable bonds is 10. The number of nitrogens with zero attached hydrogens (tertiary/aromatic N) is 3. The number of methoxy groups -OCH3 is 1. The normalized spacial score (nSPS) is 10.8. The van der Waals surface area contributed by atoms with E-state index in [-0.39, 0.29) is 0 Å². The molecule has 0 fully saturated rings. The van der Waals surface area contributed by atoms with Crippen LogP contribution < -0.4 is 10.6 Å². The lowest BCUT2D eigenvalue weighted by Gasteiger charge is -2.19. The lowest BCUT2D eigenvalue weighted by atomic mass is 10.4. The summed E-state index contributed by atoms with van der Waals surface area (Å²) in [5.74, 6) is 2.32. The molecule has 0 aliphatic heterocycles. The van der Waals surface area contributed by atoms with Crippen molar-refractivity contribution in [2.75, 3.05) is 51.0 Å². The van der Waals surface area contributed by atoms with Gasteiger partial charge in [-0.2, -0.15) is 0 Å². The van der Waals surface area contributed by atoms with Gasteiger partial charge in [0.15, 0.2) is 5.82 Å². The van der Waals surface area contributed by atoms with Crippen molar-refractivity contribution in [3.63, 3.8) is 0 Å². The van der Waals surface area contributed by atoms with Gasteiger partial charge in [0.1, 0.15) is 18.2 Å². The van der Waals surface area contributed by atoms with E-state index in [0.717, 1.165) is 37.8 Å². The third-order valence-corrected chi connectivity index (χ3v) is 3.02. The molecule has 0 radical (unpaired) electrons. The molecule has 0 atom stereocenters. The van der Waals surface area contributed by atoms with Crippen LogP contribution in [0, 0.1) is 0 Å². The zero-order valence-corrected chi connectivity index (χ0v) is 13.1. The minimum atomic E-state index is 0.418. The monoisotopic (exact) mass is 281 g/mol. The van der Waals surface area contributed by atoms with Crippen molar-refractivity contribution in [1.29, 1.82) is 0 Å². The van der Waals surface area contributed by atoms with Gasteiger partial charge in [0, 0.05) is 33.3 Å². The summed E-state index contributed by atoms with van der Waals surface area (Å²) < 4.78 is 5.09. The molecule has 0 unspecified atom stereocenters. The molecule has 20 heavy (non-hydrogen) atoms. The average molecular weight is 281 g/mol. The molecule has 6 heteroatoms. The Kier molecular flexibility index (Phi) is 7.91. The zero-order valence-electron chi connectivity index (χ0n) is 13.1. The average Bonchev–Trinajstić information content (AvgIpc) is 2.46. The van der Waals surface area contributed by atoms with E-state index in [2.05, 4.69) is 39.3 Å². The molecule has 0 bridgehead atoms. The highest BCUT2D eigenvalue weighted by Crippen LogP contribution is 2.11. The number of ether oxygens (including phenoxy) is 1. The third kappa shape index (κ3) is 5.71. The molecular weight excluding hydrogens is 254 g/mol. The van der Waals surface area contributed by atoms with Crippen LogP contribution in [0.2, 0.25) is 0 Å². The predicted molar refractivity (Wildman–Crippen MR) is 83.2 cm³/mol. The molecule has 1 aromatic heterocycles. The summed E-state index contributed by atoms with van der Waals surface area (Å²) in [6.07, 6.45) is 1.18.